The lowest BCUT2D eigenvalue weighted by Crippen LogP contribution is -2.22. The molecule has 4 rings (SSSR count). The van der Waals surface area contributed by atoms with Crippen LogP contribution in [0.4, 0.5) is 0 Å². The van der Waals surface area contributed by atoms with Crippen molar-refractivity contribution in [3.63, 3.8) is 0 Å². The Bertz CT molecular complexity index is 1130. The zero-order valence-electron chi connectivity index (χ0n) is 14.1. The van der Waals surface area contributed by atoms with Crippen LogP contribution in [0.5, 0.6) is 5.75 Å². The molecule has 5 nitrogen and oxygen atoms in total. The van der Waals surface area contributed by atoms with Gasteiger partial charge in [0.2, 0.25) is 0 Å². The van der Waals surface area contributed by atoms with E-state index in [-0.39, 0.29) is 5.56 Å². The van der Waals surface area contributed by atoms with Crippen LogP contribution in [0.15, 0.2) is 72.0 Å². The van der Waals surface area contributed by atoms with E-state index in [2.05, 4.69) is 4.98 Å². The fourth-order valence-electron chi connectivity index (χ4n) is 2.97. The average molecular weight is 366 g/mol. The number of benzene rings is 2. The van der Waals surface area contributed by atoms with E-state index in [9.17, 15) is 4.79 Å². The molecular formula is C20H16ClN3O2. The maximum absolute atomic E-state index is 12.8. The lowest BCUT2D eigenvalue weighted by molar-refractivity contribution is 0.414. The molecule has 6 heteroatoms. The molecular weight excluding hydrogens is 350 g/mol. The van der Waals surface area contributed by atoms with Gasteiger partial charge in [-0.3, -0.25) is 9.20 Å². The third-order valence-electron chi connectivity index (χ3n) is 4.29. The highest BCUT2D eigenvalue weighted by atomic mass is 35.5. The van der Waals surface area contributed by atoms with Gasteiger partial charge in [0.25, 0.3) is 5.56 Å². The summed E-state index contributed by atoms with van der Waals surface area (Å²) in [5, 5.41) is 0.642. The number of hydrogen-bond donors (Lipinski definition) is 0. The predicted molar refractivity (Wildman–Crippen MR) is 102 cm³/mol. The normalized spacial score (nSPS) is 11.0. The van der Waals surface area contributed by atoms with Crippen molar-refractivity contribution in [3.8, 4) is 17.0 Å². The number of ether oxygens (including phenoxy) is 1. The second-order valence-corrected chi connectivity index (χ2v) is 6.39. The Morgan fingerprint density at radius 3 is 2.69 bits per heavy atom. The molecule has 0 atom stereocenters. The highest BCUT2D eigenvalue weighted by molar-refractivity contribution is 6.30. The SMILES string of the molecule is COc1ccc(Cn2cc(-c3cccc(Cl)c3)n3cncc3c2=O)cc1. The molecule has 0 aliphatic carbocycles. The minimum atomic E-state index is -0.0934. The van der Waals surface area contributed by atoms with Crippen LogP contribution < -0.4 is 10.3 Å². The Morgan fingerprint density at radius 1 is 1.15 bits per heavy atom. The molecule has 4 aromatic rings. The smallest absolute Gasteiger partial charge is 0.276 e. The van der Waals surface area contributed by atoms with Gasteiger partial charge in [-0.15, -0.1) is 0 Å². The number of aromatic nitrogens is 3. The summed E-state index contributed by atoms with van der Waals surface area (Å²) < 4.78 is 8.67. The molecule has 0 saturated carbocycles. The number of nitrogens with zero attached hydrogens (tertiary/aromatic N) is 3. The Balaban J connectivity index is 1.84. The first-order valence-electron chi connectivity index (χ1n) is 8.10. The van der Waals surface area contributed by atoms with Crippen LogP contribution in [-0.4, -0.2) is 21.1 Å². The second kappa shape index (κ2) is 6.69. The van der Waals surface area contributed by atoms with Crippen molar-refractivity contribution in [3.05, 3.63) is 88.2 Å². The molecule has 0 spiro atoms. The van der Waals surface area contributed by atoms with E-state index in [1.54, 1.807) is 28.6 Å². The predicted octanol–water partition coefficient (Wildman–Crippen LogP) is 3.87. The highest BCUT2D eigenvalue weighted by Crippen LogP contribution is 2.23. The lowest BCUT2D eigenvalue weighted by atomic mass is 10.1. The molecule has 0 unspecified atom stereocenters. The standard InChI is InChI=1S/C20H16ClN3O2/c1-26-17-7-5-14(6-8-17)11-23-12-19(15-3-2-4-16(21)9-15)24-13-22-10-18(24)20(23)25/h2-10,12-13H,11H2,1H3. The van der Waals surface area contributed by atoms with Crippen molar-refractivity contribution in [1.29, 1.82) is 0 Å². The summed E-state index contributed by atoms with van der Waals surface area (Å²) in [6, 6.07) is 15.2. The molecule has 130 valence electrons. The fourth-order valence-corrected chi connectivity index (χ4v) is 3.16. The first kappa shape index (κ1) is 16.4. The van der Waals surface area contributed by atoms with E-state index >= 15 is 0 Å². The Morgan fingerprint density at radius 2 is 1.96 bits per heavy atom. The zero-order valence-corrected chi connectivity index (χ0v) is 14.8. The molecule has 0 amide bonds. The van der Waals surface area contributed by atoms with Crippen molar-refractivity contribution in [1.82, 2.24) is 14.0 Å². The third kappa shape index (κ3) is 2.97. The first-order chi connectivity index (χ1) is 12.7. The number of rotatable bonds is 4. The minimum absolute atomic E-state index is 0.0934. The molecule has 0 fully saturated rings. The van der Waals surface area contributed by atoms with Gasteiger partial charge in [0.1, 0.15) is 11.3 Å². The van der Waals surface area contributed by atoms with Gasteiger partial charge < -0.3 is 9.30 Å². The van der Waals surface area contributed by atoms with Crippen LogP contribution >= 0.6 is 11.6 Å². The number of methoxy groups -OCH3 is 1. The largest absolute Gasteiger partial charge is 0.497 e. The van der Waals surface area contributed by atoms with Gasteiger partial charge in [-0.1, -0.05) is 35.9 Å². The van der Waals surface area contributed by atoms with Crippen LogP contribution in [0.1, 0.15) is 5.56 Å². The molecule has 0 N–H and O–H groups in total. The average Bonchev–Trinajstić information content (AvgIpc) is 3.15. The molecule has 0 bridgehead atoms. The second-order valence-electron chi connectivity index (χ2n) is 5.95. The molecule has 2 aromatic carbocycles. The Kier molecular flexibility index (Phi) is 4.22. The third-order valence-corrected chi connectivity index (χ3v) is 4.52. The summed E-state index contributed by atoms with van der Waals surface area (Å²) in [6.07, 6.45) is 5.07. The highest BCUT2D eigenvalue weighted by Gasteiger charge is 2.11. The van der Waals surface area contributed by atoms with Gasteiger partial charge in [-0.2, -0.15) is 0 Å². The van der Waals surface area contributed by atoms with E-state index in [1.807, 2.05) is 54.7 Å². The van der Waals surface area contributed by atoms with Crippen molar-refractivity contribution >= 4 is 17.1 Å². The number of imidazole rings is 1. The summed E-state index contributed by atoms with van der Waals surface area (Å²) in [5.41, 5.74) is 3.21. The van der Waals surface area contributed by atoms with Crippen LogP contribution in [0.25, 0.3) is 16.8 Å². The van der Waals surface area contributed by atoms with Crippen molar-refractivity contribution in [2.75, 3.05) is 7.11 Å². The molecule has 0 radical (unpaired) electrons. The van der Waals surface area contributed by atoms with Gasteiger partial charge in [0.05, 0.1) is 31.9 Å². The molecule has 0 aliphatic rings. The van der Waals surface area contributed by atoms with Crippen LogP contribution in [-0.2, 0) is 6.54 Å². The van der Waals surface area contributed by atoms with Crippen LogP contribution in [0.2, 0.25) is 5.02 Å². The zero-order chi connectivity index (χ0) is 18.1. The van der Waals surface area contributed by atoms with E-state index in [0.717, 1.165) is 22.6 Å². The van der Waals surface area contributed by atoms with Crippen LogP contribution in [0, 0.1) is 0 Å². The first-order valence-corrected chi connectivity index (χ1v) is 8.48. The van der Waals surface area contributed by atoms with Gasteiger partial charge in [-0.05, 0) is 29.8 Å². The fraction of sp³-hybridized carbons (Fsp3) is 0.100. The summed E-state index contributed by atoms with van der Waals surface area (Å²) in [4.78, 5) is 17.0. The van der Waals surface area contributed by atoms with E-state index in [4.69, 9.17) is 16.3 Å². The summed E-state index contributed by atoms with van der Waals surface area (Å²) in [5.74, 6) is 0.784. The topological polar surface area (TPSA) is 48.5 Å². The number of halogens is 1. The van der Waals surface area contributed by atoms with Crippen LogP contribution in [0.3, 0.4) is 0 Å². The summed E-state index contributed by atoms with van der Waals surface area (Å²) >= 11 is 6.14. The molecule has 2 heterocycles. The van der Waals surface area contributed by atoms with E-state index in [1.165, 1.54) is 0 Å². The van der Waals surface area contributed by atoms with Gasteiger partial charge >= 0.3 is 0 Å². The Hall–Kier alpha value is -3.05. The number of fused-ring (bicyclic) bond motifs is 1. The minimum Gasteiger partial charge on any atom is -0.497 e. The van der Waals surface area contributed by atoms with Crippen molar-refractivity contribution in [2.24, 2.45) is 0 Å². The Labute approximate surface area is 155 Å². The summed E-state index contributed by atoms with van der Waals surface area (Å²) in [7, 11) is 1.63. The van der Waals surface area contributed by atoms with Crippen molar-refractivity contribution in [2.45, 2.75) is 6.54 Å². The van der Waals surface area contributed by atoms with Gasteiger partial charge in [0, 0.05) is 16.8 Å². The summed E-state index contributed by atoms with van der Waals surface area (Å²) in [6.45, 7) is 0.456. The molecule has 0 saturated heterocycles. The molecule has 2 aromatic heterocycles. The molecule has 26 heavy (non-hydrogen) atoms. The van der Waals surface area contributed by atoms with Crippen molar-refractivity contribution < 1.29 is 4.74 Å². The quantitative estimate of drug-likeness (QED) is 0.551. The molecule has 0 aliphatic heterocycles. The van der Waals surface area contributed by atoms with E-state index < -0.39 is 0 Å². The number of hydrogen-bond acceptors (Lipinski definition) is 3. The maximum atomic E-state index is 12.8. The van der Waals surface area contributed by atoms with Gasteiger partial charge in [0.15, 0.2) is 0 Å². The maximum Gasteiger partial charge on any atom is 0.276 e. The monoisotopic (exact) mass is 365 g/mol. The lowest BCUT2D eigenvalue weighted by Gasteiger charge is -2.12. The van der Waals surface area contributed by atoms with E-state index in [0.29, 0.717) is 17.1 Å². The van der Waals surface area contributed by atoms with Gasteiger partial charge in [-0.25, -0.2) is 4.98 Å².